The number of carbonyl (C=O) groups is 2. The predicted octanol–water partition coefficient (Wildman–Crippen LogP) is 2.06. The van der Waals surface area contributed by atoms with Crippen LogP contribution in [0.25, 0.3) is 0 Å². The second kappa shape index (κ2) is 9.59. The van der Waals surface area contributed by atoms with Crippen molar-refractivity contribution in [2.75, 3.05) is 13.7 Å². The number of nitrogens with one attached hydrogen (secondary N) is 3. The molecule has 0 aliphatic heterocycles. The van der Waals surface area contributed by atoms with Crippen LogP contribution in [0.4, 0.5) is 0 Å². The number of para-hydroxylation sites is 1. The highest BCUT2D eigenvalue weighted by Crippen LogP contribution is 2.17. The number of benzene rings is 2. The number of halogens is 1. The summed E-state index contributed by atoms with van der Waals surface area (Å²) in [5, 5.41) is 2.94. The van der Waals surface area contributed by atoms with Gasteiger partial charge in [0.1, 0.15) is 11.5 Å². The lowest BCUT2D eigenvalue weighted by molar-refractivity contribution is -0.123. The molecule has 2 rings (SSSR count). The monoisotopic (exact) mass is 393 g/mol. The number of amides is 2. The normalized spacial score (nSPS) is 9.77. The fraction of sp³-hybridized carbons (Fsp3) is 0.118. The minimum absolute atomic E-state index is 0.0688. The van der Waals surface area contributed by atoms with Crippen molar-refractivity contribution in [2.24, 2.45) is 0 Å². The van der Waals surface area contributed by atoms with E-state index in [1.807, 2.05) is 0 Å². The third-order valence-electron chi connectivity index (χ3n) is 3.08. The van der Waals surface area contributed by atoms with Crippen molar-refractivity contribution in [3.05, 3.63) is 59.1 Å². The van der Waals surface area contributed by atoms with Gasteiger partial charge in [-0.2, -0.15) is 0 Å². The molecule has 26 heavy (non-hydrogen) atoms. The number of ether oxygens (including phenoxy) is 2. The first-order valence-corrected chi connectivity index (χ1v) is 8.20. The average molecular weight is 394 g/mol. The number of thiocarbonyl (C=S) groups is 1. The largest absolute Gasteiger partial charge is 0.496 e. The highest BCUT2D eigenvalue weighted by atomic mass is 35.5. The minimum atomic E-state index is -0.478. The molecule has 0 heterocycles. The molecule has 0 aromatic heterocycles. The summed E-state index contributed by atoms with van der Waals surface area (Å²) in [6.07, 6.45) is 0. The smallest absolute Gasteiger partial charge is 0.276 e. The van der Waals surface area contributed by atoms with Crippen LogP contribution in [0.3, 0.4) is 0 Å². The first-order chi connectivity index (χ1) is 12.5. The molecule has 2 aromatic carbocycles. The highest BCUT2D eigenvalue weighted by molar-refractivity contribution is 7.80. The van der Waals surface area contributed by atoms with Gasteiger partial charge in [-0.1, -0.05) is 23.7 Å². The van der Waals surface area contributed by atoms with E-state index in [0.29, 0.717) is 22.1 Å². The van der Waals surface area contributed by atoms with E-state index in [2.05, 4.69) is 16.2 Å². The van der Waals surface area contributed by atoms with Crippen LogP contribution in [0.1, 0.15) is 10.4 Å². The second-order valence-electron chi connectivity index (χ2n) is 4.90. The quantitative estimate of drug-likeness (QED) is 0.532. The van der Waals surface area contributed by atoms with E-state index in [-0.39, 0.29) is 11.7 Å². The molecule has 0 saturated heterocycles. The summed E-state index contributed by atoms with van der Waals surface area (Å²) in [6.45, 7) is -0.238. The van der Waals surface area contributed by atoms with Crippen LogP contribution in [-0.2, 0) is 4.79 Å². The predicted molar refractivity (Wildman–Crippen MR) is 101 cm³/mol. The van der Waals surface area contributed by atoms with Gasteiger partial charge in [-0.25, -0.2) is 0 Å². The Morgan fingerprint density at radius 2 is 1.77 bits per heavy atom. The first-order valence-electron chi connectivity index (χ1n) is 7.41. The highest BCUT2D eigenvalue weighted by Gasteiger charge is 2.13. The lowest BCUT2D eigenvalue weighted by Crippen LogP contribution is -2.49. The molecule has 3 N–H and O–H groups in total. The minimum Gasteiger partial charge on any atom is -0.496 e. The molecule has 0 aliphatic carbocycles. The first kappa shape index (κ1) is 19.5. The Morgan fingerprint density at radius 3 is 2.46 bits per heavy atom. The summed E-state index contributed by atoms with van der Waals surface area (Å²) in [7, 11) is 1.46. The standard InChI is InChI=1S/C17H16ClN3O4S/c1-24-14-5-3-2-4-13(14)16(23)19-17(26)21-20-15(22)10-25-12-8-6-11(18)7-9-12/h2-9H,10H2,1H3,(H,20,22)(H2,19,21,23,26). The number of hydrazine groups is 1. The summed E-state index contributed by atoms with van der Waals surface area (Å²) in [5.41, 5.74) is 5.06. The van der Waals surface area contributed by atoms with Gasteiger partial charge in [0, 0.05) is 5.02 Å². The number of hydrogen-bond acceptors (Lipinski definition) is 5. The second-order valence-corrected chi connectivity index (χ2v) is 5.74. The van der Waals surface area contributed by atoms with E-state index in [4.69, 9.17) is 33.3 Å². The molecular weight excluding hydrogens is 378 g/mol. The van der Waals surface area contributed by atoms with E-state index in [9.17, 15) is 9.59 Å². The third kappa shape index (κ3) is 5.91. The maximum atomic E-state index is 12.2. The molecule has 0 unspecified atom stereocenters. The molecular formula is C17H16ClN3O4S. The summed E-state index contributed by atoms with van der Waals surface area (Å²) in [6, 6.07) is 13.3. The number of carbonyl (C=O) groups excluding carboxylic acids is 2. The Kier molecular flexibility index (Phi) is 7.19. The molecule has 2 amide bonds. The van der Waals surface area contributed by atoms with Gasteiger partial charge in [-0.05, 0) is 48.6 Å². The van der Waals surface area contributed by atoms with Crippen molar-refractivity contribution in [1.82, 2.24) is 16.2 Å². The van der Waals surface area contributed by atoms with Gasteiger partial charge in [-0.15, -0.1) is 0 Å². The maximum absolute atomic E-state index is 12.2. The topological polar surface area (TPSA) is 88.7 Å². The van der Waals surface area contributed by atoms with Crippen LogP contribution in [0.15, 0.2) is 48.5 Å². The van der Waals surface area contributed by atoms with Crippen molar-refractivity contribution in [2.45, 2.75) is 0 Å². The van der Waals surface area contributed by atoms with Crippen LogP contribution in [0.2, 0.25) is 5.02 Å². The molecule has 0 fully saturated rings. The lowest BCUT2D eigenvalue weighted by atomic mass is 10.2. The van der Waals surface area contributed by atoms with Crippen LogP contribution in [0.5, 0.6) is 11.5 Å². The Morgan fingerprint density at radius 1 is 1.08 bits per heavy atom. The van der Waals surface area contributed by atoms with E-state index < -0.39 is 11.8 Å². The third-order valence-corrected chi connectivity index (χ3v) is 3.53. The Labute approximate surface area is 160 Å². The average Bonchev–Trinajstić information content (AvgIpc) is 2.65. The van der Waals surface area contributed by atoms with Crippen molar-refractivity contribution in [3.8, 4) is 11.5 Å². The van der Waals surface area contributed by atoms with E-state index in [1.54, 1.807) is 48.5 Å². The summed E-state index contributed by atoms with van der Waals surface area (Å²) in [4.78, 5) is 23.9. The fourth-order valence-corrected chi connectivity index (χ4v) is 2.15. The van der Waals surface area contributed by atoms with Gasteiger partial charge in [0.05, 0.1) is 12.7 Å². The van der Waals surface area contributed by atoms with E-state index in [1.165, 1.54) is 7.11 Å². The number of rotatable bonds is 5. The van der Waals surface area contributed by atoms with Gasteiger partial charge < -0.3 is 9.47 Å². The molecule has 0 saturated carbocycles. The van der Waals surface area contributed by atoms with Crippen LogP contribution >= 0.6 is 23.8 Å². The van der Waals surface area contributed by atoms with Crippen molar-refractivity contribution in [1.29, 1.82) is 0 Å². The molecule has 9 heteroatoms. The van der Waals surface area contributed by atoms with E-state index in [0.717, 1.165) is 0 Å². The van der Waals surface area contributed by atoms with Gasteiger partial charge in [0.15, 0.2) is 11.7 Å². The molecule has 0 atom stereocenters. The zero-order chi connectivity index (χ0) is 18.9. The van der Waals surface area contributed by atoms with Crippen molar-refractivity contribution >= 4 is 40.7 Å². The molecule has 136 valence electrons. The fourth-order valence-electron chi connectivity index (χ4n) is 1.88. The van der Waals surface area contributed by atoms with E-state index >= 15 is 0 Å². The van der Waals surface area contributed by atoms with Crippen molar-refractivity contribution < 1.29 is 19.1 Å². The molecule has 0 spiro atoms. The van der Waals surface area contributed by atoms with Crippen LogP contribution < -0.4 is 25.6 Å². The van der Waals surface area contributed by atoms with Gasteiger partial charge in [-0.3, -0.25) is 25.8 Å². The van der Waals surface area contributed by atoms with Crippen molar-refractivity contribution in [3.63, 3.8) is 0 Å². The summed E-state index contributed by atoms with van der Waals surface area (Å²) < 4.78 is 10.4. The number of methoxy groups -OCH3 is 1. The Bertz CT molecular complexity index is 799. The van der Waals surface area contributed by atoms with Gasteiger partial charge >= 0.3 is 0 Å². The van der Waals surface area contributed by atoms with Gasteiger partial charge in [0.25, 0.3) is 11.8 Å². The molecule has 0 radical (unpaired) electrons. The molecule has 2 aromatic rings. The number of hydrogen-bond donors (Lipinski definition) is 3. The molecule has 7 nitrogen and oxygen atoms in total. The Balaban J connectivity index is 1.76. The van der Waals surface area contributed by atoms with Crippen LogP contribution in [-0.4, -0.2) is 30.6 Å². The van der Waals surface area contributed by atoms with Gasteiger partial charge in [0.2, 0.25) is 0 Å². The zero-order valence-electron chi connectivity index (χ0n) is 13.7. The maximum Gasteiger partial charge on any atom is 0.276 e. The van der Waals surface area contributed by atoms with Crippen LogP contribution in [0, 0.1) is 0 Å². The molecule has 0 bridgehead atoms. The Hall–Kier alpha value is -2.84. The summed E-state index contributed by atoms with van der Waals surface area (Å²) >= 11 is 10.7. The zero-order valence-corrected chi connectivity index (χ0v) is 15.3. The SMILES string of the molecule is COc1ccccc1C(=O)NC(=S)NNC(=O)COc1ccc(Cl)cc1. The molecule has 0 aliphatic rings. The lowest BCUT2D eigenvalue weighted by Gasteiger charge is -2.12. The summed E-state index contributed by atoms with van der Waals surface area (Å²) in [5.74, 6) is -0.0368.